The molecule has 1 aliphatic rings. The van der Waals surface area contributed by atoms with Gasteiger partial charge in [-0.3, -0.25) is 19.2 Å². The molecular formula is C36H33N3O6S. The summed E-state index contributed by atoms with van der Waals surface area (Å²) in [6, 6.07) is 26.3. The minimum absolute atomic E-state index is 0.0286. The number of methoxy groups -OCH3 is 2. The number of hydrogen-bond donors (Lipinski definition) is 2. The van der Waals surface area contributed by atoms with E-state index in [1.165, 1.54) is 37.0 Å². The second-order valence-electron chi connectivity index (χ2n) is 10.6. The van der Waals surface area contributed by atoms with Crippen LogP contribution in [0, 0.1) is 13.8 Å². The van der Waals surface area contributed by atoms with Gasteiger partial charge in [0.25, 0.3) is 11.8 Å². The van der Waals surface area contributed by atoms with Crippen LogP contribution >= 0.6 is 11.8 Å². The molecule has 1 unspecified atom stereocenters. The van der Waals surface area contributed by atoms with E-state index in [1.54, 1.807) is 72.8 Å². The normalized spacial score (nSPS) is 14.7. The van der Waals surface area contributed by atoms with Gasteiger partial charge in [0.15, 0.2) is 11.5 Å². The van der Waals surface area contributed by atoms with Crippen LogP contribution in [0.4, 0.5) is 11.4 Å². The number of nitrogens with zero attached hydrogens (tertiary/aromatic N) is 1. The van der Waals surface area contributed by atoms with Gasteiger partial charge in [0, 0.05) is 28.1 Å². The predicted molar refractivity (Wildman–Crippen MR) is 179 cm³/mol. The number of hydrogen-bond acceptors (Lipinski definition) is 7. The molecule has 5 rings (SSSR count). The molecule has 0 aromatic heterocycles. The Morgan fingerprint density at radius 3 is 2.35 bits per heavy atom. The molecule has 0 spiro atoms. The third-order valence-electron chi connectivity index (χ3n) is 7.49. The molecule has 1 saturated heterocycles. The summed E-state index contributed by atoms with van der Waals surface area (Å²) < 4.78 is 10.9. The van der Waals surface area contributed by atoms with Gasteiger partial charge in [0.2, 0.25) is 11.8 Å². The lowest BCUT2D eigenvalue weighted by atomic mass is 10.1. The van der Waals surface area contributed by atoms with E-state index >= 15 is 0 Å². The van der Waals surface area contributed by atoms with Crippen molar-refractivity contribution in [1.82, 2.24) is 5.32 Å². The smallest absolute Gasteiger partial charge is 0.272 e. The van der Waals surface area contributed by atoms with Crippen LogP contribution in [-0.4, -0.2) is 43.1 Å². The summed E-state index contributed by atoms with van der Waals surface area (Å²) in [5.41, 5.74) is 3.94. The second kappa shape index (κ2) is 14.2. The van der Waals surface area contributed by atoms with Gasteiger partial charge < -0.3 is 20.1 Å². The van der Waals surface area contributed by atoms with Crippen LogP contribution < -0.4 is 25.0 Å². The van der Waals surface area contributed by atoms with Crippen LogP contribution in [0.1, 0.15) is 33.5 Å². The minimum atomic E-state index is -0.610. The molecule has 4 aromatic rings. The van der Waals surface area contributed by atoms with Crippen LogP contribution in [0.3, 0.4) is 0 Å². The molecule has 0 aliphatic carbocycles. The number of imide groups is 1. The number of para-hydroxylation sites is 1. The number of nitrogens with one attached hydrogen (secondary N) is 2. The predicted octanol–water partition coefficient (Wildman–Crippen LogP) is 6.15. The molecule has 9 nitrogen and oxygen atoms in total. The molecule has 46 heavy (non-hydrogen) atoms. The summed E-state index contributed by atoms with van der Waals surface area (Å²) in [4.78, 5) is 54.9. The van der Waals surface area contributed by atoms with Crippen molar-refractivity contribution < 1.29 is 28.7 Å². The lowest BCUT2D eigenvalue weighted by Gasteiger charge is -2.16. The number of benzene rings is 4. The molecule has 4 aromatic carbocycles. The molecule has 0 bridgehead atoms. The van der Waals surface area contributed by atoms with Gasteiger partial charge in [-0.2, -0.15) is 0 Å². The Bertz CT molecular complexity index is 1840. The summed E-state index contributed by atoms with van der Waals surface area (Å²) in [5, 5.41) is 4.96. The molecule has 1 fully saturated rings. The molecule has 10 heteroatoms. The molecule has 234 valence electrons. The van der Waals surface area contributed by atoms with Crippen LogP contribution in [0.15, 0.2) is 102 Å². The van der Waals surface area contributed by atoms with Crippen molar-refractivity contribution in [3.63, 3.8) is 0 Å². The summed E-state index contributed by atoms with van der Waals surface area (Å²) in [6.07, 6.45) is 1.58. The number of carbonyl (C=O) groups is 4. The van der Waals surface area contributed by atoms with Gasteiger partial charge in [-0.15, -0.1) is 11.8 Å². The fraction of sp³-hybridized carbons (Fsp3) is 0.167. The van der Waals surface area contributed by atoms with Crippen molar-refractivity contribution in [2.24, 2.45) is 0 Å². The van der Waals surface area contributed by atoms with Gasteiger partial charge in [-0.1, -0.05) is 42.5 Å². The van der Waals surface area contributed by atoms with Crippen molar-refractivity contribution in [1.29, 1.82) is 0 Å². The van der Waals surface area contributed by atoms with Crippen LogP contribution in [-0.2, 0) is 14.4 Å². The summed E-state index contributed by atoms with van der Waals surface area (Å²) >= 11 is 1.26. The molecule has 1 aliphatic heterocycles. The zero-order valence-corrected chi connectivity index (χ0v) is 26.6. The van der Waals surface area contributed by atoms with E-state index in [0.29, 0.717) is 38.9 Å². The fourth-order valence-corrected chi connectivity index (χ4v) is 6.08. The first-order valence-electron chi connectivity index (χ1n) is 14.5. The van der Waals surface area contributed by atoms with E-state index in [9.17, 15) is 19.2 Å². The van der Waals surface area contributed by atoms with E-state index in [1.807, 2.05) is 32.0 Å². The molecule has 0 saturated carbocycles. The molecule has 0 radical (unpaired) electrons. The van der Waals surface area contributed by atoms with E-state index in [0.717, 1.165) is 11.1 Å². The van der Waals surface area contributed by atoms with Crippen molar-refractivity contribution >= 4 is 52.8 Å². The minimum Gasteiger partial charge on any atom is -0.493 e. The number of carbonyl (C=O) groups excluding carboxylic acids is 4. The topological polar surface area (TPSA) is 114 Å². The van der Waals surface area contributed by atoms with E-state index < -0.39 is 17.1 Å². The third kappa shape index (κ3) is 7.13. The summed E-state index contributed by atoms with van der Waals surface area (Å²) in [5.74, 6) is -0.726. The molecule has 1 atom stereocenters. The highest BCUT2D eigenvalue weighted by molar-refractivity contribution is 8.00. The van der Waals surface area contributed by atoms with Crippen LogP contribution in [0.5, 0.6) is 11.5 Å². The number of ether oxygens (including phenoxy) is 2. The van der Waals surface area contributed by atoms with Crippen molar-refractivity contribution in [2.75, 3.05) is 24.4 Å². The largest absolute Gasteiger partial charge is 0.493 e. The van der Waals surface area contributed by atoms with Crippen LogP contribution in [0.25, 0.3) is 6.08 Å². The Hall–Kier alpha value is -5.35. The summed E-state index contributed by atoms with van der Waals surface area (Å²) in [7, 11) is 3.00. The number of anilines is 2. The number of rotatable bonds is 10. The SMILES string of the molecule is COc1cccc(/C=C(\NC(=O)c2ccccc2)C(=O)Nc2cccc(SC3CC(=O)N(c4ccc(C)c(C)c4)C3=O)c2)c1OC. The molecule has 1 heterocycles. The highest BCUT2D eigenvalue weighted by Gasteiger charge is 2.40. The van der Waals surface area contributed by atoms with Gasteiger partial charge in [0.1, 0.15) is 5.70 Å². The van der Waals surface area contributed by atoms with Crippen LogP contribution in [0.2, 0.25) is 0 Å². The van der Waals surface area contributed by atoms with Gasteiger partial charge >= 0.3 is 0 Å². The zero-order chi connectivity index (χ0) is 32.8. The van der Waals surface area contributed by atoms with Crippen molar-refractivity contribution in [3.8, 4) is 11.5 Å². The monoisotopic (exact) mass is 635 g/mol. The summed E-state index contributed by atoms with van der Waals surface area (Å²) in [6.45, 7) is 3.92. The number of aryl methyl sites for hydroxylation is 2. The van der Waals surface area contributed by atoms with E-state index in [2.05, 4.69) is 10.6 Å². The first-order chi connectivity index (χ1) is 22.2. The Balaban J connectivity index is 1.37. The van der Waals surface area contributed by atoms with Gasteiger partial charge in [-0.25, -0.2) is 4.90 Å². The lowest BCUT2D eigenvalue weighted by Crippen LogP contribution is -2.31. The van der Waals surface area contributed by atoms with Crippen molar-refractivity contribution in [2.45, 2.75) is 30.4 Å². The zero-order valence-electron chi connectivity index (χ0n) is 25.8. The third-order valence-corrected chi connectivity index (χ3v) is 8.67. The maximum absolute atomic E-state index is 13.7. The lowest BCUT2D eigenvalue weighted by molar-refractivity contribution is -0.121. The highest BCUT2D eigenvalue weighted by Crippen LogP contribution is 2.36. The quantitative estimate of drug-likeness (QED) is 0.159. The maximum Gasteiger partial charge on any atom is 0.272 e. The first-order valence-corrected chi connectivity index (χ1v) is 15.4. The Kier molecular flexibility index (Phi) is 9.88. The van der Waals surface area contributed by atoms with E-state index in [-0.39, 0.29) is 23.9 Å². The van der Waals surface area contributed by atoms with Gasteiger partial charge in [0.05, 0.1) is 25.2 Å². The van der Waals surface area contributed by atoms with Gasteiger partial charge in [-0.05, 0) is 79.6 Å². The standard InChI is InChI=1S/C36H33N3O6S/c1-22-16-17-27(18-23(22)2)39-32(40)21-31(36(39)43)46-28-14-9-13-26(20-28)37-35(42)29(38-34(41)24-10-6-5-7-11-24)19-25-12-8-15-30(44-3)33(25)45-4/h5-20,31H,21H2,1-4H3,(H,37,42)(H,38,41)/b29-19-. The van der Waals surface area contributed by atoms with E-state index in [4.69, 9.17) is 9.47 Å². The first kappa shape index (κ1) is 32.1. The highest BCUT2D eigenvalue weighted by atomic mass is 32.2. The number of amides is 4. The Morgan fingerprint density at radius 1 is 0.870 bits per heavy atom. The molecule has 4 amide bonds. The average Bonchev–Trinajstić information content (AvgIpc) is 3.33. The Morgan fingerprint density at radius 2 is 1.63 bits per heavy atom. The second-order valence-corrected chi connectivity index (χ2v) is 11.9. The maximum atomic E-state index is 13.7. The Labute approximate surface area is 271 Å². The number of thioether (sulfide) groups is 1. The molecular weight excluding hydrogens is 602 g/mol. The van der Waals surface area contributed by atoms with Crippen molar-refractivity contribution in [3.05, 3.63) is 119 Å². The average molecular weight is 636 g/mol. The fourth-order valence-electron chi connectivity index (χ4n) is 4.97. The molecule has 2 N–H and O–H groups in total.